The van der Waals surface area contributed by atoms with Crippen molar-refractivity contribution in [1.82, 2.24) is 14.8 Å². The van der Waals surface area contributed by atoms with Crippen molar-refractivity contribution >= 4 is 11.6 Å². The van der Waals surface area contributed by atoms with Gasteiger partial charge in [-0.1, -0.05) is 17.7 Å². The van der Waals surface area contributed by atoms with Crippen molar-refractivity contribution in [3.63, 3.8) is 0 Å². The molecule has 1 heterocycles. The molecule has 2 aromatic rings. The van der Waals surface area contributed by atoms with Crippen LogP contribution in [0.5, 0.6) is 0 Å². The van der Waals surface area contributed by atoms with Crippen molar-refractivity contribution in [2.45, 2.75) is 20.3 Å². The molecule has 0 aliphatic carbocycles. The molecule has 0 amide bonds. The maximum absolute atomic E-state index is 6.11. The van der Waals surface area contributed by atoms with E-state index in [9.17, 15) is 0 Å². The first kappa shape index (κ1) is 12.1. The second kappa shape index (κ2) is 4.85. The van der Waals surface area contributed by atoms with Gasteiger partial charge >= 0.3 is 0 Å². The van der Waals surface area contributed by atoms with Gasteiger partial charge < -0.3 is 5.73 Å². The van der Waals surface area contributed by atoms with Crippen LogP contribution in [-0.4, -0.2) is 21.3 Å². The Balaban J connectivity index is 2.47. The van der Waals surface area contributed by atoms with Gasteiger partial charge in [0.2, 0.25) is 0 Å². The van der Waals surface area contributed by atoms with Gasteiger partial charge in [0.25, 0.3) is 0 Å². The number of rotatable bonds is 3. The summed E-state index contributed by atoms with van der Waals surface area (Å²) < 4.78 is 1.80. The van der Waals surface area contributed by atoms with Gasteiger partial charge in [0.15, 0.2) is 0 Å². The highest BCUT2D eigenvalue weighted by Gasteiger charge is 2.09. The van der Waals surface area contributed by atoms with E-state index in [1.54, 1.807) is 4.68 Å². The molecule has 90 valence electrons. The van der Waals surface area contributed by atoms with Crippen LogP contribution in [0.3, 0.4) is 0 Å². The predicted octanol–water partition coefficient (Wildman–Crippen LogP) is 2.04. The first-order valence-electron chi connectivity index (χ1n) is 5.51. The molecule has 0 unspecified atom stereocenters. The van der Waals surface area contributed by atoms with E-state index >= 15 is 0 Å². The minimum Gasteiger partial charge on any atom is -0.330 e. The number of hydrogen-bond acceptors (Lipinski definition) is 3. The first-order valence-corrected chi connectivity index (χ1v) is 5.88. The fourth-order valence-corrected chi connectivity index (χ4v) is 1.84. The number of hydrogen-bond donors (Lipinski definition) is 1. The lowest BCUT2D eigenvalue weighted by Gasteiger charge is -2.06. The van der Waals surface area contributed by atoms with Crippen LogP contribution >= 0.6 is 11.6 Å². The molecule has 1 aromatic carbocycles. The van der Waals surface area contributed by atoms with Crippen LogP contribution in [0.15, 0.2) is 18.2 Å². The van der Waals surface area contributed by atoms with Gasteiger partial charge in [-0.25, -0.2) is 9.67 Å². The summed E-state index contributed by atoms with van der Waals surface area (Å²) in [4.78, 5) is 4.36. The van der Waals surface area contributed by atoms with Gasteiger partial charge in [-0.2, -0.15) is 5.10 Å². The summed E-state index contributed by atoms with van der Waals surface area (Å²) in [6, 6.07) is 5.85. The summed E-state index contributed by atoms with van der Waals surface area (Å²) in [5, 5.41) is 5.09. The minimum atomic E-state index is 0.553. The van der Waals surface area contributed by atoms with E-state index in [0.29, 0.717) is 13.0 Å². The summed E-state index contributed by atoms with van der Waals surface area (Å²) in [7, 11) is 0. The van der Waals surface area contributed by atoms with Gasteiger partial charge in [-0.05, 0) is 38.1 Å². The van der Waals surface area contributed by atoms with Crippen LogP contribution in [-0.2, 0) is 6.42 Å². The summed E-state index contributed by atoms with van der Waals surface area (Å²) in [6.45, 7) is 4.39. The van der Waals surface area contributed by atoms with E-state index in [0.717, 1.165) is 27.9 Å². The van der Waals surface area contributed by atoms with E-state index in [-0.39, 0.29) is 0 Å². The molecule has 0 bridgehead atoms. The first-order chi connectivity index (χ1) is 8.11. The Kier molecular flexibility index (Phi) is 3.45. The molecule has 2 N–H and O–H groups in total. The van der Waals surface area contributed by atoms with Crippen LogP contribution in [0.2, 0.25) is 5.02 Å². The monoisotopic (exact) mass is 250 g/mol. The molecule has 0 spiro atoms. The Morgan fingerprint density at radius 3 is 2.76 bits per heavy atom. The zero-order valence-electron chi connectivity index (χ0n) is 9.94. The highest BCUT2D eigenvalue weighted by atomic mass is 35.5. The zero-order valence-corrected chi connectivity index (χ0v) is 10.7. The van der Waals surface area contributed by atoms with Crippen LogP contribution in [0.25, 0.3) is 5.69 Å². The Morgan fingerprint density at radius 1 is 1.35 bits per heavy atom. The maximum Gasteiger partial charge on any atom is 0.148 e. The molecule has 5 heteroatoms. The van der Waals surface area contributed by atoms with Gasteiger partial charge in [0.05, 0.1) is 5.69 Å². The quantitative estimate of drug-likeness (QED) is 0.907. The summed E-state index contributed by atoms with van der Waals surface area (Å²) in [5.41, 5.74) is 7.53. The third-order valence-corrected chi connectivity index (χ3v) is 2.96. The molecule has 2 rings (SSSR count). The smallest absolute Gasteiger partial charge is 0.148 e. The van der Waals surface area contributed by atoms with E-state index in [2.05, 4.69) is 10.1 Å². The molecule has 4 nitrogen and oxygen atoms in total. The van der Waals surface area contributed by atoms with E-state index < -0.39 is 0 Å². The van der Waals surface area contributed by atoms with Crippen LogP contribution in [0, 0.1) is 13.8 Å². The fourth-order valence-electron chi connectivity index (χ4n) is 1.67. The Labute approximate surface area is 105 Å². The fraction of sp³-hybridized carbons (Fsp3) is 0.333. The number of benzene rings is 1. The van der Waals surface area contributed by atoms with Crippen LogP contribution < -0.4 is 5.73 Å². The molecule has 0 aliphatic rings. The van der Waals surface area contributed by atoms with Gasteiger partial charge in [-0.3, -0.25) is 0 Å². The van der Waals surface area contributed by atoms with E-state index in [1.807, 2.05) is 32.0 Å². The van der Waals surface area contributed by atoms with Crippen molar-refractivity contribution in [1.29, 1.82) is 0 Å². The molecule has 17 heavy (non-hydrogen) atoms. The molecule has 0 radical (unpaired) electrons. The number of nitrogens with two attached hydrogens (primary N) is 1. The standard InChI is InChI=1S/C12H15ClN4/c1-8-3-4-10(7-11(8)13)17-12(5-6-14)15-9(2)16-17/h3-4,7H,5-6,14H2,1-2H3. The lowest BCUT2D eigenvalue weighted by molar-refractivity contribution is 0.773. The molecule has 0 fully saturated rings. The Morgan fingerprint density at radius 2 is 2.12 bits per heavy atom. The largest absolute Gasteiger partial charge is 0.330 e. The maximum atomic E-state index is 6.11. The lowest BCUT2D eigenvalue weighted by atomic mass is 10.2. The third-order valence-electron chi connectivity index (χ3n) is 2.55. The van der Waals surface area contributed by atoms with Gasteiger partial charge in [-0.15, -0.1) is 0 Å². The molecule has 0 atom stereocenters. The second-order valence-corrected chi connectivity index (χ2v) is 4.37. The minimum absolute atomic E-state index is 0.553. The van der Waals surface area contributed by atoms with Crippen molar-refractivity contribution < 1.29 is 0 Å². The summed E-state index contributed by atoms with van der Waals surface area (Å²) in [6.07, 6.45) is 0.701. The van der Waals surface area contributed by atoms with E-state index in [1.165, 1.54) is 0 Å². The van der Waals surface area contributed by atoms with Gasteiger partial charge in [0, 0.05) is 11.4 Å². The van der Waals surface area contributed by atoms with Crippen LogP contribution in [0.1, 0.15) is 17.2 Å². The average molecular weight is 251 g/mol. The van der Waals surface area contributed by atoms with Crippen molar-refractivity contribution in [3.8, 4) is 5.69 Å². The number of nitrogens with zero attached hydrogens (tertiary/aromatic N) is 3. The summed E-state index contributed by atoms with van der Waals surface area (Å²) >= 11 is 6.11. The Bertz CT molecular complexity index is 533. The molecule has 0 saturated heterocycles. The Hall–Kier alpha value is -1.39. The number of aryl methyl sites for hydroxylation is 2. The third kappa shape index (κ3) is 2.48. The SMILES string of the molecule is Cc1nc(CCN)n(-c2ccc(C)c(Cl)c2)n1. The lowest BCUT2D eigenvalue weighted by Crippen LogP contribution is -2.09. The molecular weight excluding hydrogens is 236 g/mol. The normalized spacial score (nSPS) is 10.8. The number of halogens is 1. The van der Waals surface area contributed by atoms with Crippen molar-refractivity contribution in [3.05, 3.63) is 40.4 Å². The highest BCUT2D eigenvalue weighted by Crippen LogP contribution is 2.20. The number of aromatic nitrogens is 3. The molecule has 0 aliphatic heterocycles. The highest BCUT2D eigenvalue weighted by molar-refractivity contribution is 6.31. The molecule has 1 aromatic heterocycles. The van der Waals surface area contributed by atoms with Crippen molar-refractivity contribution in [2.75, 3.05) is 6.54 Å². The topological polar surface area (TPSA) is 56.7 Å². The van der Waals surface area contributed by atoms with E-state index in [4.69, 9.17) is 17.3 Å². The predicted molar refractivity (Wildman–Crippen MR) is 68.6 cm³/mol. The van der Waals surface area contributed by atoms with Gasteiger partial charge in [0.1, 0.15) is 11.6 Å². The average Bonchev–Trinajstić information content (AvgIpc) is 2.64. The second-order valence-electron chi connectivity index (χ2n) is 3.96. The molecular formula is C12H15ClN4. The zero-order chi connectivity index (χ0) is 12.4. The summed E-state index contributed by atoms with van der Waals surface area (Å²) in [5.74, 6) is 1.61. The van der Waals surface area contributed by atoms with Crippen molar-refractivity contribution in [2.24, 2.45) is 5.73 Å². The van der Waals surface area contributed by atoms with Crippen LogP contribution in [0.4, 0.5) is 0 Å². The molecule has 0 saturated carbocycles.